The van der Waals surface area contributed by atoms with Gasteiger partial charge in [-0.05, 0) is 32.1 Å². The molecule has 0 fully saturated rings. The molecule has 1 heteroatoms. The summed E-state index contributed by atoms with van der Waals surface area (Å²) in [5.74, 6) is 0. The highest BCUT2D eigenvalue weighted by Gasteiger charge is 2.19. The standard InChI is InChI=1S/C36H76N/c1-5-8-10-12-14-16-18-20-22-24-26-28-30-32-35-37(4,34-7-3)36-33-31-29-27-25-23-21-19-17-15-13-11-9-6-2/h5-36H2,1-4H3/q+1. The van der Waals surface area contributed by atoms with Crippen LogP contribution < -0.4 is 0 Å². The molecule has 0 N–H and O–H groups in total. The Morgan fingerprint density at radius 2 is 0.459 bits per heavy atom. The Bertz CT molecular complexity index is 371. The third-order valence-electron chi connectivity index (χ3n) is 8.87. The number of hydrogen-bond acceptors (Lipinski definition) is 0. The molecular weight excluding hydrogens is 446 g/mol. The van der Waals surface area contributed by atoms with Gasteiger partial charge in [-0.1, -0.05) is 175 Å². The summed E-state index contributed by atoms with van der Waals surface area (Å²) in [6.45, 7) is 11.2. The van der Waals surface area contributed by atoms with E-state index in [2.05, 4.69) is 27.8 Å². The van der Waals surface area contributed by atoms with E-state index >= 15 is 0 Å². The molecule has 0 heterocycles. The Morgan fingerprint density at radius 3 is 0.676 bits per heavy atom. The van der Waals surface area contributed by atoms with Crippen LogP contribution in [-0.4, -0.2) is 31.2 Å². The summed E-state index contributed by atoms with van der Waals surface area (Å²) in [7, 11) is 2.55. The summed E-state index contributed by atoms with van der Waals surface area (Å²) in [5, 5.41) is 0. The van der Waals surface area contributed by atoms with Crippen LogP contribution >= 0.6 is 0 Å². The fourth-order valence-corrected chi connectivity index (χ4v) is 6.25. The van der Waals surface area contributed by atoms with Gasteiger partial charge >= 0.3 is 0 Å². The molecular formula is C36H76N+. The quantitative estimate of drug-likeness (QED) is 0.0608. The first-order chi connectivity index (χ1) is 18.2. The van der Waals surface area contributed by atoms with Crippen LogP contribution in [0.15, 0.2) is 0 Å². The molecule has 0 atom stereocenters. The second-order valence-corrected chi connectivity index (χ2v) is 13.0. The Hall–Kier alpha value is -0.0400. The molecule has 0 radical (unpaired) electrons. The maximum absolute atomic E-state index is 2.55. The van der Waals surface area contributed by atoms with Crippen LogP contribution in [0.5, 0.6) is 0 Å². The summed E-state index contributed by atoms with van der Waals surface area (Å²) in [4.78, 5) is 0. The lowest BCUT2D eigenvalue weighted by molar-refractivity contribution is -0.910. The molecule has 0 aromatic carbocycles. The molecule has 1 nitrogen and oxygen atoms in total. The van der Waals surface area contributed by atoms with Crippen LogP contribution in [-0.2, 0) is 0 Å². The Kier molecular flexibility index (Phi) is 30.5. The molecule has 0 unspecified atom stereocenters. The molecule has 0 aliphatic carbocycles. The summed E-state index contributed by atoms with van der Waals surface area (Å²) < 4.78 is 1.34. The van der Waals surface area contributed by atoms with Gasteiger partial charge in [-0.15, -0.1) is 0 Å². The normalized spacial score (nSPS) is 12.0. The fraction of sp³-hybridized carbons (Fsp3) is 1.00. The van der Waals surface area contributed by atoms with Crippen molar-refractivity contribution in [2.75, 3.05) is 26.7 Å². The van der Waals surface area contributed by atoms with E-state index in [1.54, 1.807) is 0 Å². The number of nitrogens with zero attached hydrogens (tertiary/aromatic N) is 1. The first-order valence-electron chi connectivity index (χ1n) is 18.0. The van der Waals surface area contributed by atoms with Gasteiger partial charge in [0.2, 0.25) is 0 Å². The smallest absolute Gasteiger partial charge is 0.0784 e. The molecule has 0 rings (SSSR count). The number of hydrogen-bond donors (Lipinski definition) is 0. The maximum atomic E-state index is 2.55. The fourth-order valence-electron chi connectivity index (χ4n) is 6.25. The van der Waals surface area contributed by atoms with Crippen LogP contribution in [0, 0.1) is 0 Å². The molecule has 0 amide bonds. The van der Waals surface area contributed by atoms with E-state index in [0.29, 0.717) is 0 Å². The van der Waals surface area contributed by atoms with Crippen LogP contribution in [0.1, 0.15) is 207 Å². The minimum Gasteiger partial charge on any atom is -0.326 e. The predicted molar refractivity (Wildman–Crippen MR) is 172 cm³/mol. The molecule has 0 saturated carbocycles. The van der Waals surface area contributed by atoms with Crippen LogP contribution in [0.25, 0.3) is 0 Å². The highest BCUT2D eigenvalue weighted by atomic mass is 15.3. The average molecular weight is 523 g/mol. The molecule has 0 aromatic heterocycles. The van der Waals surface area contributed by atoms with E-state index in [1.807, 2.05) is 0 Å². The highest BCUT2D eigenvalue weighted by Crippen LogP contribution is 2.17. The van der Waals surface area contributed by atoms with Crippen molar-refractivity contribution < 1.29 is 4.48 Å². The number of unbranched alkanes of at least 4 members (excludes halogenated alkanes) is 26. The lowest BCUT2D eigenvalue weighted by Gasteiger charge is -2.34. The lowest BCUT2D eigenvalue weighted by atomic mass is 10.0. The Labute approximate surface area is 237 Å². The maximum Gasteiger partial charge on any atom is 0.0784 e. The Balaban J connectivity index is 3.52. The van der Waals surface area contributed by atoms with Gasteiger partial charge in [-0.2, -0.15) is 0 Å². The monoisotopic (exact) mass is 523 g/mol. The zero-order valence-corrected chi connectivity index (χ0v) is 27.1. The van der Waals surface area contributed by atoms with E-state index < -0.39 is 0 Å². The summed E-state index contributed by atoms with van der Waals surface area (Å²) in [6.07, 6.45) is 42.4. The second-order valence-electron chi connectivity index (χ2n) is 13.0. The van der Waals surface area contributed by atoms with Gasteiger partial charge in [0, 0.05) is 0 Å². The van der Waals surface area contributed by atoms with Crippen molar-refractivity contribution in [2.45, 2.75) is 207 Å². The van der Waals surface area contributed by atoms with Crippen molar-refractivity contribution in [1.82, 2.24) is 0 Å². The van der Waals surface area contributed by atoms with Gasteiger partial charge in [-0.25, -0.2) is 0 Å². The van der Waals surface area contributed by atoms with Gasteiger partial charge in [0.25, 0.3) is 0 Å². The van der Waals surface area contributed by atoms with Gasteiger partial charge in [-0.3, -0.25) is 0 Å². The van der Waals surface area contributed by atoms with Gasteiger partial charge in [0.15, 0.2) is 0 Å². The van der Waals surface area contributed by atoms with E-state index in [-0.39, 0.29) is 0 Å². The summed E-state index contributed by atoms with van der Waals surface area (Å²) in [6, 6.07) is 0. The molecule has 0 spiro atoms. The van der Waals surface area contributed by atoms with Crippen molar-refractivity contribution in [2.24, 2.45) is 0 Å². The molecule has 0 aromatic rings. The van der Waals surface area contributed by atoms with E-state index in [9.17, 15) is 0 Å². The highest BCUT2D eigenvalue weighted by molar-refractivity contribution is 4.52. The largest absolute Gasteiger partial charge is 0.326 e. The van der Waals surface area contributed by atoms with Crippen LogP contribution in [0.4, 0.5) is 0 Å². The van der Waals surface area contributed by atoms with Crippen LogP contribution in [0.3, 0.4) is 0 Å². The molecule has 0 saturated heterocycles. The van der Waals surface area contributed by atoms with Crippen LogP contribution in [0.2, 0.25) is 0 Å². The summed E-state index contributed by atoms with van der Waals surface area (Å²) >= 11 is 0. The van der Waals surface area contributed by atoms with Crippen molar-refractivity contribution in [3.05, 3.63) is 0 Å². The number of quaternary nitrogens is 1. The summed E-state index contributed by atoms with van der Waals surface area (Å²) in [5.41, 5.74) is 0. The molecule has 0 aliphatic heterocycles. The van der Waals surface area contributed by atoms with Crippen molar-refractivity contribution in [3.63, 3.8) is 0 Å². The third kappa shape index (κ3) is 28.8. The van der Waals surface area contributed by atoms with Gasteiger partial charge in [0.05, 0.1) is 26.7 Å². The average Bonchev–Trinajstić information content (AvgIpc) is 2.89. The van der Waals surface area contributed by atoms with Crippen molar-refractivity contribution in [3.8, 4) is 0 Å². The first-order valence-corrected chi connectivity index (χ1v) is 18.0. The van der Waals surface area contributed by atoms with E-state index in [4.69, 9.17) is 0 Å². The van der Waals surface area contributed by atoms with Gasteiger partial charge in [0.1, 0.15) is 0 Å². The minimum absolute atomic E-state index is 1.34. The zero-order chi connectivity index (χ0) is 27.1. The molecule has 0 aliphatic rings. The minimum atomic E-state index is 1.34. The predicted octanol–water partition coefficient (Wildman–Crippen LogP) is 12.8. The van der Waals surface area contributed by atoms with Crippen molar-refractivity contribution in [1.29, 1.82) is 0 Å². The van der Waals surface area contributed by atoms with Gasteiger partial charge < -0.3 is 4.48 Å². The molecule has 0 bridgehead atoms. The van der Waals surface area contributed by atoms with E-state index in [0.717, 1.165) is 0 Å². The zero-order valence-electron chi connectivity index (χ0n) is 27.1. The molecule has 224 valence electrons. The second kappa shape index (κ2) is 30.5. The number of rotatable bonds is 32. The lowest BCUT2D eigenvalue weighted by Crippen LogP contribution is -2.46. The Morgan fingerprint density at radius 1 is 0.243 bits per heavy atom. The SMILES string of the molecule is CCCCCCCCCCCCCCCC[N+](C)(CCC)CCCCCCCCCCCCCCCC. The first kappa shape index (κ1) is 37.0. The van der Waals surface area contributed by atoms with E-state index in [1.165, 1.54) is 210 Å². The topological polar surface area (TPSA) is 0 Å². The molecule has 37 heavy (non-hydrogen) atoms. The third-order valence-corrected chi connectivity index (χ3v) is 8.87. The van der Waals surface area contributed by atoms with Crippen molar-refractivity contribution >= 4 is 0 Å².